The third-order valence-electron chi connectivity index (χ3n) is 5.65. The number of nitrogens with zero attached hydrogens (tertiary/aromatic N) is 4. The van der Waals surface area contributed by atoms with E-state index in [4.69, 9.17) is 11.6 Å². The van der Waals surface area contributed by atoms with Gasteiger partial charge in [-0.3, -0.25) is 14.3 Å². The van der Waals surface area contributed by atoms with E-state index in [1.807, 2.05) is 48.9 Å². The number of piperazine rings is 1. The highest BCUT2D eigenvalue weighted by Gasteiger charge is 2.27. The third-order valence-corrected chi connectivity index (χ3v) is 5.88. The molecule has 1 aliphatic heterocycles. The van der Waals surface area contributed by atoms with E-state index in [1.165, 1.54) is 18.2 Å². The smallest absolute Gasteiger partial charge is 0.257 e. The summed E-state index contributed by atoms with van der Waals surface area (Å²) in [6.45, 7) is 6.09. The SMILES string of the molecule is Cc1cc(C)n(Cc2ccc(C(=O)N3CCN(C(=O)c4cc(Cl)ccc4F)CC3)cc2)n1. The molecular formula is C24H24ClFN4O2. The first kappa shape index (κ1) is 22.0. The summed E-state index contributed by atoms with van der Waals surface area (Å²) in [4.78, 5) is 28.8. The second kappa shape index (κ2) is 9.12. The average Bonchev–Trinajstić information content (AvgIpc) is 3.11. The topological polar surface area (TPSA) is 58.4 Å². The molecule has 0 saturated carbocycles. The Kier molecular flexibility index (Phi) is 6.28. The summed E-state index contributed by atoms with van der Waals surface area (Å²) in [5, 5.41) is 4.78. The minimum Gasteiger partial charge on any atom is -0.335 e. The maximum atomic E-state index is 14.0. The molecule has 32 heavy (non-hydrogen) atoms. The number of aromatic nitrogens is 2. The molecule has 0 bridgehead atoms. The predicted molar refractivity (Wildman–Crippen MR) is 120 cm³/mol. The number of hydrogen-bond acceptors (Lipinski definition) is 3. The van der Waals surface area contributed by atoms with Crippen LogP contribution >= 0.6 is 11.6 Å². The second-order valence-corrected chi connectivity index (χ2v) is 8.43. The van der Waals surface area contributed by atoms with Crippen molar-refractivity contribution >= 4 is 23.4 Å². The van der Waals surface area contributed by atoms with Crippen molar-refractivity contribution in [2.45, 2.75) is 20.4 Å². The van der Waals surface area contributed by atoms with Crippen LogP contribution in [-0.2, 0) is 6.54 Å². The molecular weight excluding hydrogens is 431 g/mol. The fourth-order valence-electron chi connectivity index (χ4n) is 3.89. The van der Waals surface area contributed by atoms with Crippen molar-refractivity contribution in [1.29, 1.82) is 0 Å². The van der Waals surface area contributed by atoms with Gasteiger partial charge in [0, 0.05) is 42.5 Å². The minimum absolute atomic E-state index is 0.0459. The number of carbonyl (C=O) groups excluding carboxylic acids is 2. The maximum absolute atomic E-state index is 14.0. The first-order valence-electron chi connectivity index (χ1n) is 10.5. The Morgan fingerprint density at radius 2 is 1.56 bits per heavy atom. The van der Waals surface area contributed by atoms with Crippen LogP contribution in [0.5, 0.6) is 0 Å². The third kappa shape index (κ3) is 4.67. The first-order valence-corrected chi connectivity index (χ1v) is 10.8. The van der Waals surface area contributed by atoms with Crippen LogP contribution < -0.4 is 0 Å². The number of amides is 2. The van der Waals surface area contributed by atoms with Crippen LogP contribution in [0, 0.1) is 19.7 Å². The van der Waals surface area contributed by atoms with Gasteiger partial charge in [0.15, 0.2) is 0 Å². The van der Waals surface area contributed by atoms with Gasteiger partial charge in [0.1, 0.15) is 5.82 Å². The monoisotopic (exact) mass is 454 g/mol. The molecule has 2 heterocycles. The summed E-state index contributed by atoms with van der Waals surface area (Å²) in [6.07, 6.45) is 0. The van der Waals surface area contributed by atoms with Crippen LogP contribution in [0.15, 0.2) is 48.5 Å². The van der Waals surface area contributed by atoms with Gasteiger partial charge in [-0.2, -0.15) is 5.10 Å². The molecule has 3 aromatic rings. The van der Waals surface area contributed by atoms with E-state index < -0.39 is 11.7 Å². The van der Waals surface area contributed by atoms with E-state index in [-0.39, 0.29) is 11.5 Å². The Bertz CT molecular complexity index is 1150. The van der Waals surface area contributed by atoms with Crippen LogP contribution in [0.3, 0.4) is 0 Å². The van der Waals surface area contributed by atoms with Crippen LogP contribution in [0.4, 0.5) is 4.39 Å². The summed E-state index contributed by atoms with van der Waals surface area (Å²) in [6, 6.07) is 13.5. The van der Waals surface area contributed by atoms with E-state index >= 15 is 0 Å². The zero-order valence-corrected chi connectivity index (χ0v) is 18.8. The highest BCUT2D eigenvalue weighted by atomic mass is 35.5. The summed E-state index contributed by atoms with van der Waals surface area (Å²) in [7, 11) is 0. The zero-order chi connectivity index (χ0) is 22.8. The van der Waals surface area contributed by atoms with Crippen molar-refractivity contribution in [3.05, 3.63) is 87.4 Å². The largest absolute Gasteiger partial charge is 0.335 e. The highest BCUT2D eigenvalue weighted by molar-refractivity contribution is 6.31. The maximum Gasteiger partial charge on any atom is 0.257 e. The average molecular weight is 455 g/mol. The van der Waals surface area contributed by atoms with Crippen LogP contribution in [0.2, 0.25) is 5.02 Å². The molecule has 0 spiro atoms. The van der Waals surface area contributed by atoms with Gasteiger partial charge in [-0.15, -0.1) is 0 Å². The predicted octanol–water partition coefficient (Wildman–Crippen LogP) is 3.94. The molecule has 1 saturated heterocycles. The lowest BCUT2D eigenvalue weighted by molar-refractivity contribution is 0.0533. The molecule has 0 radical (unpaired) electrons. The number of aryl methyl sites for hydroxylation is 2. The van der Waals surface area contributed by atoms with E-state index in [1.54, 1.807) is 9.80 Å². The van der Waals surface area contributed by atoms with E-state index in [0.717, 1.165) is 17.0 Å². The lowest BCUT2D eigenvalue weighted by Crippen LogP contribution is -2.50. The number of carbonyl (C=O) groups is 2. The lowest BCUT2D eigenvalue weighted by atomic mass is 10.1. The molecule has 1 aliphatic rings. The van der Waals surface area contributed by atoms with Crippen molar-refractivity contribution < 1.29 is 14.0 Å². The molecule has 0 aliphatic carbocycles. The Labute approximate surface area is 191 Å². The molecule has 2 amide bonds. The summed E-state index contributed by atoms with van der Waals surface area (Å²) in [5.41, 5.74) is 3.68. The number of hydrogen-bond donors (Lipinski definition) is 0. The van der Waals surface area contributed by atoms with Gasteiger partial charge in [0.05, 0.1) is 17.8 Å². The summed E-state index contributed by atoms with van der Waals surface area (Å²) < 4.78 is 16.0. The molecule has 0 atom stereocenters. The standard InChI is InChI=1S/C24H24ClFN4O2/c1-16-13-17(2)30(27-16)15-18-3-5-19(6-4-18)23(31)28-9-11-29(12-10-28)24(32)21-14-20(25)7-8-22(21)26/h3-8,13-14H,9-12,15H2,1-2H3. The minimum atomic E-state index is -0.599. The molecule has 1 fully saturated rings. The Morgan fingerprint density at radius 3 is 2.16 bits per heavy atom. The molecule has 6 nitrogen and oxygen atoms in total. The first-order chi connectivity index (χ1) is 15.3. The van der Waals surface area contributed by atoms with Crippen LogP contribution in [0.1, 0.15) is 37.7 Å². The van der Waals surface area contributed by atoms with Crippen molar-refractivity contribution in [2.75, 3.05) is 26.2 Å². The molecule has 166 valence electrons. The second-order valence-electron chi connectivity index (χ2n) is 7.99. The quantitative estimate of drug-likeness (QED) is 0.600. The Balaban J connectivity index is 1.36. The van der Waals surface area contributed by atoms with E-state index in [2.05, 4.69) is 5.10 Å². The van der Waals surface area contributed by atoms with Gasteiger partial charge in [0.25, 0.3) is 11.8 Å². The molecule has 0 N–H and O–H groups in total. The van der Waals surface area contributed by atoms with Gasteiger partial charge < -0.3 is 9.80 Å². The zero-order valence-electron chi connectivity index (χ0n) is 18.0. The van der Waals surface area contributed by atoms with Crippen molar-refractivity contribution in [1.82, 2.24) is 19.6 Å². The normalized spacial score (nSPS) is 14.0. The molecule has 4 rings (SSSR count). The van der Waals surface area contributed by atoms with Gasteiger partial charge in [0.2, 0.25) is 0 Å². The summed E-state index contributed by atoms with van der Waals surface area (Å²) >= 11 is 5.90. The highest BCUT2D eigenvalue weighted by Crippen LogP contribution is 2.18. The number of halogens is 2. The van der Waals surface area contributed by atoms with Gasteiger partial charge in [-0.1, -0.05) is 23.7 Å². The van der Waals surface area contributed by atoms with Gasteiger partial charge in [-0.25, -0.2) is 4.39 Å². The van der Waals surface area contributed by atoms with Crippen LogP contribution in [0.25, 0.3) is 0 Å². The van der Waals surface area contributed by atoms with Gasteiger partial charge in [-0.05, 0) is 55.8 Å². The van der Waals surface area contributed by atoms with Crippen LogP contribution in [-0.4, -0.2) is 57.6 Å². The molecule has 1 aromatic heterocycles. The van der Waals surface area contributed by atoms with Gasteiger partial charge >= 0.3 is 0 Å². The fourth-order valence-corrected chi connectivity index (χ4v) is 4.06. The molecule has 2 aromatic carbocycles. The van der Waals surface area contributed by atoms with Crippen molar-refractivity contribution in [3.63, 3.8) is 0 Å². The van der Waals surface area contributed by atoms with E-state index in [0.29, 0.717) is 43.3 Å². The van der Waals surface area contributed by atoms with Crippen molar-refractivity contribution in [3.8, 4) is 0 Å². The lowest BCUT2D eigenvalue weighted by Gasteiger charge is -2.35. The Hall–Kier alpha value is -3.19. The summed E-state index contributed by atoms with van der Waals surface area (Å²) in [5.74, 6) is -1.09. The fraction of sp³-hybridized carbons (Fsp3) is 0.292. The molecule has 8 heteroatoms. The number of rotatable bonds is 4. The van der Waals surface area contributed by atoms with Crippen molar-refractivity contribution in [2.24, 2.45) is 0 Å². The number of benzene rings is 2. The molecule has 0 unspecified atom stereocenters. The Morgan fingerprint density at radius 1 is 0.938 bits per heavy atom. The van der Waals surface area contributed by atoms with E-state index in [9.17, 15) is 14.0 Å².